The SMILES string of the molecule is CCOC(=O)CC1CCC(C(=O)N(CC2CCC(c3ccc(OC)c(C)n3)CC2)c2cc(-c3cnn(C(C)C)c3)ccn2)CC1. The molecule has 0 N–H and O–H groups in total. The molecule has 3 aromatic rings. The van der Waals surface area contributed by atoms with E-state index >= 15 is 0 Å². The summed E-state index contributed by atoms with van der Waals surface area (Å²) >= 11 is 0. The van der Waals surface area contributed by atoms with Gasteiger partial charge in [-0.15, -0.1) is 0 Å². The molecule has 0 radical (unpaired) electrons. The van der Waals surface area contributed by atoms with E-state index in [2.05, 4.69) is 31.2 Å². The standard InChI is InChI=1S/C36H49N5O4/c1-6-45-35(42)19-26-7-13-29(14-8-26)36(43)40(34-20-30(17-18-37-34)31-21-38-41(23-31)24(2)3)22-27-9-11-28(12-10-27)32-15-16-33(44-5)25(4)39-32/h15-18,20-21,23-24,26-29H,6-14,19,22H2,1-5H3. The molecular formula is C36H49N5O4. The summed E-state index contributed by atoms with van der Waals surface area (Å²) in [6.45, 7) is 9.12. The molecule has 0 spiro atoms. The summed E-state index contributed by atoms with van der Waals surface area (Å²) in [5.74, 6) is 2.57. The minimum Gasteiger partial charge on any atom is -0.495 e. The first kappa shape index (κ1) is 32.6. The van der Waals surface area contributed by atoms with Crippen LogP contribution in [0.3, 0.4) is 0 Å². The first-order valence-electron chi connectivity index (χ1n) is 16.7. The van der Waals surface area contributed by atoms with Gasteiger partial charge in [0.05, 0.1) is 25.6 Å². The minimum atomic E-state index is -0.133. The molecule has 2 saturated carbocycles. The van der Waals surface area contributed by atoms with Gasteiger partial charge in [0.15, 0.2) is 0 Å². The van der Waals surface area contributed by atoms with E-state index in [1.54, 1.807) is 7.11 Å². The van der Waals surface area contributed by atoms with Crippen molar-refractivity contribution < 1.29 is 19.1 Å². The summed E-state index contributed by atoms with van der Waals surface area (Å²) in [4.78, 5) is 37.9. The third kappa shape index (κ3) is 8.10. The Kier molecular flexibility index (Phi) is 10.9. The first-order valence-corrected chi connectivity index (χ1v) is 16.7. The zero-order valence-corrected chi connectivity index (χ0v) is 27.6. The summed E-state index contributed by atoms with van der Waals surface area (Å²) in [5.41, 5.74) is 4.08. The van der Waals surface area contributed by atoms with E-state index in [1.165, 1.54) is 0 Å². The summed E-state index contributed by atoms with van der Waals surface area (Å²) in [6.07, 6.45) is 13.7. The molecule has 0 aromatic carbocycles. The molecular weight excluding hydrogens is 566 g/mol. The van der Waals surface area contributed by atoms with Gasteiger partial charge in [0.2, 0.25) is 5.91 Å². The van der Waals surface area contributed by atoms with Crippen molar-refractivity contribution in [1.82, 2.24) is 19.7 Å². The quantitative estimate of drug-likeness (QED) is 0.209. The number of hydrogen-bond acceptors (Lipinski definition) is 7. The van der Waals surface area contributed by atoms with E-state index in [9.17, 15) is 9.59 Å². The van der Waals surface area contributed by atoms with Crippen LogP contribution in [0.2, 0.25) is 0 Å². The van der Waals surface area contributed by atoms with Gasteiger partial charge < -0.3 is 9.47 Å². The van der Waals surface area contributed by atoms with Crippen LogP contribution < -0.4 is 9.64 Å². The molecule has 242 valence electrons. The van der Waals surface area contributed by atoms with Gasteiger partial charge in [0.25, 0.3) is 0 Å². The van der Waals surface area contributed by atoms with Crippen LogP contribution in [0.15, 0.2) is 42.9 Å². The van der Waals surface area contributed by atoms with Crippen molar-refractivity contribution in [2.24, 2.45) is 17.8 Å². The number of carbonyl (C=O) groups excluding carboxylic acids is 2. The predicted octanol–water partition coefficient (Wildman–Crippen LogP) is 7.30. The van der Waals surface area contributed by atoms with Crippen molar-refractivity contribution in [3.8, 4) is 16.9 Å². The van der Waals surface area contributed by atoms with Gasteiger partial charge in [0, 0.05) is 54.5 Å². The normalized spacial score (nSPS) is 21.8. The van der Waals surface area contributed by atoms with E-state index in [4.69, 9.17) is 19.4 Å². The maximum absolute atomic E-state index is 14.3. The fourth-order valence-electron chi connectivity index (χ4n) is 7.01. The summed E-state index contributed by atoms with van der Waals surface area (Å²) in [5, 5.41) is 4.53. The van der Waals surface area contributed by atoms with Gasteiger partial charge in [-0.25, -0.2) is 4.98 Å². The zero-order valence-electron chi connectivity index (χ0n) is 27.6. The number of ether oxygens (including phenoxy) is 2. The number of rotatable bonds is 11. The molecule has 0 aliphatic heterocycles. The highest BCUT2D eigenvalue weighted by molar-refractivity contribution is 5.94. The molecule has 9 nitrogen and oxygen atoms in total. The number of anilines is 1. The van der Waals surface area contributed by atoms with Crippen molar-refractivity contribution in [1.29, 1.82) is 0 Å². The smallest absolute Gasteiger partial charge is 0.306 e. The molecule has 0 unspecified atom stereocenters. The van der Waals surface area contributed by atoms with E-state index < -0.39 is 0 Å². The molecule has 9 heteroatoms. The zero-order chi connectivity index (χ0) is 31.9. The van der Waals surface area contributed by atoms with Crippen LogP contribution in [0.25, 0.3) is 11.1 Å². The third-order valence-electron chi connectivity index (χ3n) is 9.69. The number of aryl methyl sites for hydroxylation is 1. The topological polar surface area (TPSA) is 99.4 Å². The lowest BCUT2D eigenvalue weighted by Crippen LogP contribution is -2.42. The molecule has 3 aromatic heterocycles. The van der Waals surface area contributed by atoms with Gasteiger partial charge in [-0.3, -0.25) is 24.2 Å². The van der Waals surface area contributed by atoms with Gasteiger partial charge in [-0.2, -0.15) is 5.10 Å². The van der Waals surface area contributed by atoms with Crippen LogP contribution in [-0.2, 0) is 14.3 Å². The highest BCUT2D eigenvalue weighted by Gasteiger charge is 2.34. The molecule has 2 aliphatic rings. The Balaban J connectivity index is 1.31. The molecule has 0 atom stereocenters. The van der Waals surface area contributed by atoms with Crippen molar-refractivity contribution in [3.63, 3.8) is 0 Å². The van der Waals surface area contributed by atoms with Crippen molar-refractivity contribution >= 4 is 17.7 Å². The number of hydrogen-bond donors (Lipinski definition) is 0. The van der Waals surface area contributed by atoms with Gasteiger partial charge in [0.1, 0.15) is 11.6 Å². The Morgan fingerprint density at radius 1 is 1.00 bits per heavy atom. The number of nitrogens with zero attached hydrogens (tertiary/aromatic N) is 5. The second-order valence-electron chi connectivity index (χ2n) is 13.1. The van der Waals surface area contributed by atoms with E-state index in [0.29, 0.717) is 37.2 Å². The molecule has 1 amide bonds. The van der Waals surface area contributed by atoms with Crippen LogP contribution in [0.4, 0.5) is 5.82 Å². The lowest BCUT2D eigenvalue weighted by molar-refractivity contribution is -0.144. The Labute approximate surface area is 267 Å². The lowest BCUT2D eigenvalue weighted by atomic mass is 9.78. The van der Waals surface area contributed by atoms with E-state index in [0.717, 1.165) is 79.6 Å². The summed E-state index contributed by atoms with van der Waals surface area (Å²) < 4.78 is 12.5. The van der Waals surface area contributed by atoms with Crippen molar-refractivity contribution in [3.05, 3.63) is 54.2 Å². The van der Waals surface area contributed by atoms with Crippen LogP contribution >= 0.6 is 0 Å². The molecule has 2 fully saturated rings. The fraction of sp³-hybridized carbons (Fsp3) is 0.583. The lowest BCUT2D eigenvalue weighted by Gasteiger charge is -2.35. The Bertz CT molecular complexity index is 1440. The van der Waals surface area contributed by atoms with Gasteiger partial charge in [-0.1, -0.05) is 0 Å². The molecule has 5 rings (SSSR count). The van der Waals surface area contributed by atoms with Crippen LogP contribution in [0, 0.1) is 24.7 Å². The first-order chi connectivity index (χ1) is 21.7. The average Bonchev–Trinajstić information content (AvgIpc) is 3.55. The van der Waals surface area contributed by atoms with E-state index in [-0.39, 0.29) is 29.8 Å². The summed E-state index contributed by atoms with van der Waals surface area (Å²) in [7, 11) is 1.68. The van der Waals surface area contributed by atoms with E-state index in [1.807, 2.05) is 54.0 Å². The molecule has 0 saturated heterocycles. The Morgan fingerprint density at radius 2 is 1.73 bits per heavy atom. The third-order valence-corrected chi connectivity index (χ3v) is 9.69. The highest BCUT2D eigenvalue weighted by Crippen LogP contribution is 2.38. The Hall–Kier alpha value is -3.75. The Morgan fingerprint density at radius 3 is 2.38 bits per heavy atom. The van der Waals surface area contributed by atoms with Gasteiger partial charge >= 0.3 is 5.97 Å². The van der Waals surface area contributed by atoms with Crippen molar-refractivity contribution in [2.75, 3.05) is 25.2 Å². The fourth-order valence-corrected chi connectivity index (χ4v) is 7.01. The molecule has 3 heterocycles. The van der Waals surface area contributed by atoms with Crippen LogP contribution in [-0.4, -0.2) is 51.9 Å². The molecule has 45 heavy (non-hydrogen) atoms. The second kappa shape index (κ2) is 15.0. The number of methoxy groups -OCH3 is 1. The average molecular weight is 616 g/mol. The summed E-state index contributed by atoms with van der Waals surface area (Å²) in [6, 6.07) is 8.42. The van der Waals surface area contributed by atoms with Crippen molar-refractivity contribution in [2.45, 2.75) is 97.4 Å². The molecule has 0 bridgehead atoms. The van der Waals surface area contributed by atoms with Crippen LogP contribution in [0.1, 0.15) is 102 Å². The monoisotopic (exact) mass is 615 g/mol. The number of pyridine rings is 2. The maximum Gasteiger partial charge on any atom is 0.306 e. The number of esters is 1. The molecule has 2 aliphatic carbocycles. The number of carbonyl (C=O) groups is 2. The number of amides is 1. The highest BCUT2D eigenvalue weighted by atomic mass is 16.5. The van der Waals surface area contributed by atoms with Crippen LogP contribution in [0.5, 0.6) is 5.75 Å². The minimum absolute atomic E-state index is 0.0691. The van der Waals surface area contributed by atoms with Gasteiger partial charge in [-0.05, 0) is 121 Å². The maximum atomic E-state index is 14.3. The number of aromatic nitrogens is 4. The largest absolute Gasteiger partial charge is 0.495 e. The second-order valence-corrected chi connectivity index (χ2v) is 13.1. The predicted molar refractivity (Wildman–Crippen MR) is 175 cm³/mol.